The van der Waals surface area contributed by atoms with E-state index in [1.165, 1.54) is 11.3 Å². The van der Waals surface area contributed by atoms with Crippen LogP contribution < -0.4 is 14.8 Å². The summed E-state index contributed by atoms with van der Waals surface area (Å²) in [5, 5.41) is 11.7. The van der Waals surface area contributed by atoms with E-state index >= 15 is 0 Å². The largest absolute Gasteiger partial charge is 0.496 e. The zero-order valence-electron chi connectivity index (χ0n) is 16.5. The van der Waals surface area contributed by atoms with Crippen molar-refractivity contribution in [3.05, 3.63) is 48.3 Å². The van der Waals surface area contributed by atoms with Crippen molar-refractivity contribution in [1.29, 1.82) is 0 Å². The van der Waals surface area contributed by atoms with Gasteiger partial charge >= 0.3 is 0 Å². The number of aromatic nitrogens is 3. The average molecular weight is 426 g/mol. The quantitative estimate of drug-likeness (QED) is 0.616. The van der Waals surface area contributed by atoms with E-state index in [0.717, 1.165) is 31.6 Å². The predicted molar refractivity (Wildman–Crippen MR) is 113 cm³/mol. The Balaban J connectivity index is 1.45. The van der Waals surface area contributed by atoms with Crippen LogP contribution in [0.2, 0.25) is 0 Å². The molecule has 4 rings (SSSR count). The van der Waals surface area contributed by atoms with Gasteiger partial charge in [0.15, 0.2) is 0 Å². The highest BCUT2D eigenvalue weighted by atomic mass is 32.1. The van der Waals surface area contributed by atoms with Gasteiger partial charge in [-0.05, 0) is 42.2 Å². The third-order valence-electron chi connectivity index (χ3n) is 4.87. The van der Waals surface area contributed by atoms with E-state index in [4.69, 9.17) is 14.2 Å². The van der Waals surface area contributed by atoms with Crippen molar-refractivity contribution >= 4 is 22.4 Å². The number of nitrogens with zero attached hydrogens (tertiary/aromatic N) is 3. The van der Waals surface area contributed by atoms with E-state index in [0.29, 0.717) is 39.7 Å². The number of carbonyl (C=O) groups is 1. The molecule has 1 fully saturated rings. The molecule has 1 aromatic carbocycles. The molecule has 0 aliphatic carbocycles. The minimum absolute atomic E-state index is 0.301. The van der Waals surface area contributed by atoms with Crippen LogP contribution in [0.5, 0.6) is 10.9 Å². The molecule has 0 atom stereocenters. The smallest absolute Gasteiger partial charge is 0.295 e. The number of anilines is 1. The van der Waals surface area contributed by atoms with Crippen LogP contribution in [-0.2, 0) is 4.74 Å². The fourth-order valence-electron chi connectivity index (χ4n) is 3.26. The molecule has 1 amide bonds. The van der Waals surface area contributed by atoms with Crippen molar-refractivity contribution in [3.63, 3.8) is 0 Å². The molecule has 1 saturated heterocycles. The summed E-state index contributed by atoms with van der Waals surface area (Å²) in [4.78, 5) is 17.1. The maximum Gasteiger partial charge on any atom is 0.295 e. The highest BCUT2D eigenvalue weighted by Crippen LogP contribution is 2.32. The van der Waals surface area contributed by atoms with Crippen molar-refractivity contribution in [3.8, 4) is 22.1 Å². The Kier molecular flexibility index (Phi) is 6.50. The van der Waals surface area contributed by atoms with Crippen molar-refractivity contribution in [2.75, 3.05) is 32.2 Å². The summed E-state index contributed by atoms with van der Waals surface area (Å²) < 4.78 is 16.5. The van der Waals surface area contributed by atoms with Gasteiger partial charge in [-0.15, -0.1) is 5.10 Å². The van der Waals surface area contributed by atoms with Crippen LogP contribution in [0.25, 0.3) is 11.1 Å². The van der Waals surface area contributed by atoms with E-state index in [2.05, 4.69) is 20.5 Å². The Hall–Kier alpha value is -3.04. The van der Waals surface area contributed by atoms with Gasteiger partial charge in [-0.1, -0.05) is 23.3 Å². The SMILES string of the molecule is COc1ccccc1-c1cnccc1C(=O)Nc1nnc(OCC2CCOCC2)s1. The molecule has 30 heavy (non-hydrogen) atoms. The van der Waals surface area contributed by atoms with Gasteiger partial charge in [-0.2, -0.15) is 0 Å². The molecule has 8 nitrogen and oxygen atoms in total. The summed E-state index contributed by atoms with van der Waals surface area (Å²) >= 11 is 1.21. The fourth-order valence-corrected chi connectivity index (χ4v) is 3.86. The van der Waals surface area contributed by atoms with Gasteiger partial charge in [0.05, 0.1) is 19.3 Å². The molecule has 1 aliphatic rings. The first-order chi connectivity index (χ1) is 14.7. The van der Waals surface area contributed by atoms with Crippen molar-refractivity contribution in [1.82, 2.24) is 15.2 Å². The van der Waals surface area contributed by atoms with Crippen molar-refractivity contribution in [2.45, 2.75) is 12.8 Å². The lowest BCUT2D eigenvalue weighted by Gasteiger charge is -2.21. The second-order valence-corrected chi connectivity index (χ2v) is 7.76. The summed E-state index contributed by atoms with van der Waals surface area (Å²) in [6.45, 7) is 2.12. The number of carbonyl (C=O) groups excluding carboxylic acids is 1. The van der Waals surface area contributed by atoms with Gasteiger partial charge in [0.2, 0.25) is 5.13 Å². The second kappa shape index (κ2) is 9.64. The number of benzene rings is 1. The number of ether oxygens (including phenoxy) is 3. The molecule has 0 unspecified atom stereocenters. The van der Waals surface area contributed by atoms with Crippen molar-refractivity contribution in [2.24, 2.45) is 5.92 Å². The van der Waals surface area contributed by atoms with Crippen LogP contribution in [0, 0.1) is 5.92 Å². The molecule has 0 bridgehead atoms. The van der Waals surface area contributed by atoms with Crippen molar-refractivity contribution < 1.29 is 19.0 Å². The van der Waals surface area contributed by atoms with E-state index < -0.39 is 0 Å². The monoisotopic (exact) mass is 426 g/mol. The lowest BCUT2D eigenvalue weighted by molar-refractivity contribution is 0.0496. The summed E-state index contributed by atoms with van der Waals surface area (Å²) in [6.07, 6.45) is 5.19. The Morgan fingerprint density at radius 3 is 2.87 bits per heavy atom. The zero-order valence-corrected chi connectivity index (χ0v) is 17.4. The Labute approximate surface area is 178 Å². The lowest BCUT2D eigenvalue weighted by atomic mass is 10.0. The maximum absolute atomic E-state index is 12.9. The summed E-state index contributed by atoms with van der Waals surface area (Å²) in [5.74, 6) is 0.825. The van der Waals surface area contributed by atoms with Gasteiger partial charge in [0.1, 0.15) is 5.75 Å². The highest BCUT2D eigenvalue weighted by molar-refractivity contribution is 7.17. The summed E-state index contributed by atoms with van der Waals surface area (Å²) in [6, 6.07) is 9.16. The molecule has 0 saturated carbocycles. The number of amides is 1. The molecule has 2 aromatic heterocycles. The fraction of sp³-hybridized carbons (Fsp3) is 0.333. The van der Waals surface area contributed by atoms with Crippen LogP contribution in [0.4, 0.5) is 5.13 Å². The molecule has 156 valence electrons. The van der Waals surface area contributed by atoms with E-state index in [9.17, 15) is 4.79 Å². The number of hydrogen-bond acceptors (Lipinski definition) is 8. The number of methoxy groups -OCH3 is 1. The van der Waals surface area contributed by atoms with Gasteiger partial charge in [0.25, 0.3) is 11.1 Å². The first-order valence-corrected chi connectivity index (χ1v) is 10.5. The Bertz CT molecular complexity index is 1000. The van der Waals surface area contributed by atoms with Gasteiger partial charge in [-0.3, -0.25) is 15.1 Å². The Morgan fingerprint density at radius 1 is 1.20 bits per heavy atom. The minimum Gasteiger partial charge on any atom is -0.496 e. The predicted octanol–water partition coefficient (Wildman–Crippen LogP) is 3.67. The molecule has 3 aromatic rings. The van der Waals surface area contributed by atoms with Crippen LogP contribution in [-0.4, -0.2) is 48.0 Å². The molecule has 3 heterocycles. The first kappa shape index (κ1) is 20.2. The molecule has 9 heteroatoms. The average Bonchev–Trinajstić information content (AvgIpc) is 3.25. The molecule has 1 aliphatic heterocycles. The molecule has 0 spiro atoms. The first-order valence-electron chi connectivity index (χ1n) is 9.67. The number of para-hydroxylation sites is 1. The molecule has 0 radical (unpaired) electrons. The van der Waals surface area contributed by atoms with Gasteiger partial charge in [0, 0.05) is 36.7 Å². The highest BCUT2D eigenvalue weighted by Gasteiger charge is 2.19. The summed E-state index contributed by atoms with van der Waals surface area (Å²) in [5.41, 5.74) is 1.93. The van der Waals surface area contributed by atoms with Crippen LogP contribution in [0.15, 0.2) is 42.7 Å². The lowest BCUT2D eigenvalue weighted by Crippen LogP contribution is -2.21. The standard InChI is InChI=1S/C21H22N4O4S/c1-27-18-5-3-2-4-15(18)17-12-22-9-6-16(17)19(26)23-20-24-25-21(30-20)29-13-14-7-10-28-11-8-14/h2-6,9,12,14H,7-8,10-11,13H2,1H3,(H,23,24,26). The number of rotatable bonds is 7. The summed E-state index contributed by atoms with van der Waals surface area (Å²) in [7, 11) is 1.60. The van der Waals surface area contributed by atoms with Gasteiger partial charge in [-0.25, -0.2) is 0 Å². The van der Waals surface area contributed by atoms with Crippen LogP contribution >= 0.6 is 11.3 Å². The van der Waals surface area contributed by atoms with Crippen LogP contribution in [0.3, 0.4) is 0 Å². The Morgan fingerprint density at radius 2 is 2.03 bits per heavy atom. The van der Waals surface area contributed by atoms with E-state index in [1.807, 2.05) is 24.3 Å². The molecular formula is C21H22N4O4S. The molecule has 1 N–H and O–H groups in total. The van der Waals surface area contributed by atoms with E-state index in [1.54, 1.807) is 25.6 Å². The number of hydrogen-bond donors (Lipinski definition) is 1. The minimum atomic E-state index is -0.301. The number of pyridine rings is 1. The topological polar surface area (TPSA) is 95.5 Å². The zero-order chi connectivity index (χ0) is 20.8. The van der Waals surface area contributed by atoms with Gasteiger partial charge < -0.3 is 14.2 Å². The van der Waals surface area contributed by atoms with Crippen LogP contribution in [0.1, 0.15) is 23.2 Å². The second-order valence-electron chi connectivity index (χ2n) is 6.82. The third-order valence-corrected chi connectivity index (χ3v) is 5.62. The number of nitrogens with one attached hydrogen (secondary N) is 1. The van der Waals surface area contributed by atoms with E-state index in [-0.39, 0.29) is 5.91 Å². The maximum atomic E-state index is 12.9. The molecular weight excluding hydrogens is 404 g/mol. The normalized spacial score (nSPS) is 14.3. The third kappa shape index (κ3) is 4.74.